The fourth-order valence-corrected chi connectivity index (χ4v) is 2.25. The van der Waals surface area contributed by atoms with Crippen LogP contribution in [0.5, 0.6) is 0 Å². The molecular weight excluding hydrogens is 236 g/mol. The van der Waals surface area contributed by atoms with Gasteiger partial charge in [0, 0.05) is 13.2 Å². The van der Waals surface area contributed by atoms with E-state index in [1.807, 2.05) is 0 Å². The second kappa shape index (κ2) is 9.77. The Kier molecular flexibility index (Phi) is 9.72. The fraction of sp³-hybridized carbons (Fsp3) is 1.00. The second-order valence-corrected chi connectivity index (χ2v) is 7.62. The Hall–Kier alpha value is -0.0800. The normalized spacial score (nSPS) is 12.9. The highest BCUT2D eigenvalue weighted by molar-refractivity contribution is 4.67. The monoisotopic (exact) mass is 272 g/mol. The van der Waals surface area contributed by atoms with Crippen molar-refractivity contribution >= 4 is 0 Å². The Morgan fingerprint density at radius 1 is 0.526 bits per heavy atom. The number of hydrogen-bond donors (Lipinski definition) is 2. The van der Waals surface area contributed by atoms with Crippen molar-refractivity contribution in [3.63, 3.8) is 0 Å². The molecule has 0 fully saturated rings. The molecule has 2 heteroatoms. The topological polar surface area (TPSA) is 40.5 Å². The minimum Gasteiger partial charge on any atom is -0.396 e. The molecule has 0 aliphatic rings. The van der Waals surface area contributed by atoms with Gasteiger partial charge in [0.15, 0.2) is 0 Å². The van der Waals surface area contributed by atoms with Gasteiger partial charge in [-0.3, -0.25) is 0 Å². The van der Waals surface area contributed by atoms with Crippen LogP contribution >= 0.6 is 0 Å². The molecule has 0 aliphatic heterocycles. The molecule has 0 heterocycles. The predicted octanol–water partition coefficient (Wildman–Crippen LogP) is 4.53. The van der Waals surface area contributed by atoms with Crippen LogP contribution in [0.2, 0.25) is 0 Å². The van der Waals surface area contributed by atoms with Crippen molar-refractivity contribution in [2.75, 3.05) is 13.2 Å². The lowest BCUT2D eigenvalue weighted by atomic mass is 9.87. The van der Waals surface area contributed by atoms with E-state index < -0.39 is 0 Å². The van der Waals surface area contributed by atoms with Gasteiger partial charge >= 0.3 is 0 Å². The SMILES string of the molecule is CC(C)(CO)CCCCCCCCCC(C)(C)CO. The van der Waals surface area contributed by atoms with E-state index in [0.29, 0.717) is 13.2 Å². The molecule has 0 saturated carbocycles. The molecule has 0 rings (SSSR count). The van der Waals surface area contributed by atoms with Gasteiger partial charge in [-0.2, -0.15) is 0 Å². The maximum absolute atomic E-state index is 9.16. The summed E-state index contributed by atoms with van der Waals surface area (Å²) in [4.78, 5) is 0. The number of aliphatic hydroxyl groups is 2. The van der Waals surface area contributed by atoms with Crippen LogP contribution in [0.3, 0.4) is 0 Å². The molecule has 0 atom stereocenters. The van der Waals surface area contributed by atoms with Gasteiger partial charge in [0.05, 0.1) is 0 Å². The van der Waals surface area contributed by atoms with Crippen molar-refractivity contribution in [1.82, 2.24) is 0 Å². The van der Waals surface area contributed by atoms with Crippen molar-refractivity contribution in [2.45, 2.75) is 85.5 Å². The molecule has 0 unspecified atom stereocenters. The molecular formula is C17H36O2. The maximum atomic E-state index is 9.16. The average Bonchev–Trinajstić information content (AvgIpc) is 2.36. The molecule has 0 amide bonds. The Bertz CT molecular complexity index is 187. The molecule has 0 aromatic rings. The highest BCUT2D eigenvalue weighted by atomic mass is 16.3. The first-order valence-electron chi connectivity index (χ1n) is 8.05. The Labute approximate surface area is 120 Å². The molecule has 0 aromatic carbocycles. The van der Waals surface area contributed by atoms with Gasteiger partial charge in [-0.25, -0.2) is 0 Å². The fourth-order valence-electron chi connectivity index (χ4n) is 2.25. The van der Waals surface area contributed by atoms with Crippen molar-refractivity contribution in [2.24, 2.45) is 10.8 Å². The Morgan fingerprint density at radius 2 is 0.789 bits per heavy atom. The van der Waals surface area contributed by atoms with Gasteiger partial charge in [-0.1, -0.05) is 72.6 Å². The van der Waals surface area contributed by atoms with Crippen molar-refractivity contribution in [3.8, 4) is 0 Å². The zero-order chi connectivity index (χ0) is 14.8. The molecule has 0 aliphatic carbocycles. The van der Waals surface area contributed by atoms with E-state index in [2.05, 4.69) is 27.7 Å². The first-order chi connectivity index (χ1) is 8.83. The summed E-state index contributed by atoms with van der Waals surface area (Å²) >= 11 is 0. The van der Waals surface area contributed by atoms with Crippen LogP contribution in [0, 0.1) is 10.8 Å². The third-order valence-corrected chi connectivity index (χ3v) is 4.06. The first kappa shape index (κ1) is 18.9. The highest BCUT2D eigenvalue weighted by Crippen LogP contribution is 2.24. The first-order valence-corrected chi connectivity index (χ1v) is 8.05. The highest BCUT2D eigenvalue weighted by Gasteiger charge is 2.16. The summed E-state index contributed by atoms with van der Waals surface area (Å²) in [6, 6.07) is 0. The van der Waals surface area contributed by atoms with Crippen LogP contribution < -0.4 is 0 Å². The van der Waals surface area contributed by atoms with Crippen LogP contribution in [-0.4, -0.2) is 23.4 Å². The standard InChI is InChI=1S/C17H36O2/c1-16(2,14-18)12-10-8-6-5-7-9-11-13-17(3,4)15-19/h18-19H,5-15H2,1-4H3. The van der Waals surface area contributed by atoms with Gasteiger partial charge in [0.25, 0.3) is 0 Å². The lowest BCUT2D eigenvalue weighted by Gasteiger charge is -2.21. The molecule has 116 valence electrons. The zero-order valence-electron chi connectivity index (χ0n) is 13.7. The largest absolute Gasteiger partial charge is 0.396 e. The zero-order valence-corrected chi connectivity index (χ0v) is 13.7. The van der Waals surface area contributed by atoms with E-state index in [9.17, 15) is 0 Å². The summed E-state index contributed by atoms with van der Waals surface area (Å²) in [7, 11) is 0. The minimum absolute atomic E-state index is 0.107. The average molecular weight is 272 g/mol. The van der Waals surface area contributed by atoms with Crippen LogP contribution in [0.25, 0.3) is 0 Å². The molecule has 0 spiro atoms. The second-order valence-electron chi connectivity index (χ2n) is 7.62. The van der Waals surface area contributed by atoms with E-state index in [-0.39, 0.29) is 10.8 Å². The van der Waals surface area contributed by atoms with E-state index in [1.54, 1.807) is 0 Å². The third kappa shape index (κ3) is 11.4. The van der Waals surface area contributed by atoms with Gasteiger partial charge < -0.3 is 10.2 Å². The van der Waals surface area contributed by atoms with Crippen LogP contribution in [0.4, 0.5) is 0 Å². The summed E-state index contributed by atoms with van der Waals surface area (Å²) in [5.74, 6) is 0. The van der Waals surface area contributed by atoms with Gasteiger partial charge in [-0.15, -0.1) is 0 Å². The lowest BCUT2D eigenvalue weighted by molar-refractivity contribution is 0.146. The predicted molar refractivity (Wildman–Crippen MR) is 83.3 cm³/mol. The van der Waals surface area contributed by atoms with E-state index in [1.165, 1.54) is 44.9 Å². The summed E-state index contributed by atoms with van der Waals surface area (Å²) in [6.07, 6.45) is 11.3. The number of hydrogen-bond acceptors (Lipinski definition) is 2. The summed E-state index contributed by atoms with van der Waals surface area (Å²) in [5, 5.41) is 18.3. The van der Waals surface area contributed by atoms with Crippen molar-refractivity contribution in [1.29, 1.82) is 0 Å². The summed E-state index contributed by atoms with van der Waals surface area (Å²) < 4.78 is 0. The summed E-state index contributed by atoms with van der Waals surface area (Å²) in [6.45, 7) is 9.14. The third-order valence-electron chi connectivity index (χ3n) is 4.06. The van der Waals surface area contributed by atoms with E-state index in [4.69, 9.17) is 10.2 Å². The molecule has 2 N–H and O–H groups in total. The smallest absolute Gasteiger partial charge is 0.0482 e. The van der Waals surface area contributed by atoms with Gasteiger partial charge in [-0.05, 0) is 23.7 Å². The molecule has 0 aromatic heterocycles. The minimum atomic E-state index is 0.107. The van der Waals surface area contributed by atoms with Crippen LogP contribution in [0.1, 0.15) is 85.5 Å². The number of aliphatic hydroxyl groups excluding tert-OH is 2. The molecule has 0 bridgehead atoms. The Balaban J connectivity index is 3.29. The van der Waals surface area contributed by atoms with E-state index in [0.717, 1.165) is 12.8 Å². The quantitative estimate of drug-likeness (QED) is 0.512. The molecule has 0 radical (unpaired) electrons. The number of rotatable bonds is 12. The van der Waals surface area contributed by atoms with Crippen molar-refractivity contribution in [3.05, 3.63) is 0 Å². The van der Waals surface area contributed by atoms with Gasteiger partial charge in [0.1, 0.15) is 0 Å². The van der Waals surface area contributed by atoms with Gasteiger partial charge in [0.2, 0.25) is 0 Å². The van der Waals surface area contributed by atoms with Crippen LogP contribution in [-0.2, 0) is 0 Å². The molecule has 2 nitrogen and oxygen atoms in total. The molecule has 19 heavy (non-hydrogen) atoms. The molecule has 0 saturated heterocycles. The number of unbranched alkanes of at least 4 members (excludes halogenated alkanes) is 6. The Morgan fingerprint density at radius 3 is 1.05 bits per heavy atom. The van der Waals surface area contributed by atoms with Crippen LogP contribution in [0.15, 0.2) is 0 Å². The lowest BCUT2D eigenvalue weighted by Crippen LogP contribution is -2.16. The maximum Gasteiger partial charge on any atom is 0.0482 e. The van der Waals surface area contributed by atoms with E-state index >= 15 is 0 Å². The van der Waals surface area contributed by atoms with Crippen molar-refractivity contribution < 1.29 is 10.2 Å². The summed E-state index contributed by atoms with van der Waals surface area (Å²) in [5.41, 5.74) is 0.214.